The van der Waals surface area contributed by atoms with Crippen LogP contribution in [0.1, 0.15) is 5.01 Å². The molecule has 0 aliphatic carbocycles. The molecule has 0 radical (unpaired) electrons. The third kappa shape index (κ3) is 3.46. The van der Waals surface area contributed by atoms with Crippen LogP contribution in [0.3, 0.4) is 0 Å². The highest BCUT2D eigenvalue weighted by molar-refractivity contribution is 8.08. The van der Waals surface area contributed by atoms with Gasteiger partial charge in [0.15, 0.2) is 0 Å². The lowest BCUT2D eigenvalue weighted by Crippen LogP contribution is -2.34. The molecule has 1 aliphatic rings. The molecule has 0 bridgehead atoms. The highest BCUT2D eigenvalue weighted by Crippen LogP contribution is 2.46. The summed E-state index contributed by atoms with van der Waals surface area (Å²) < 4.78 is 6.84. The molecule has 8 heteroatoms. The molecule has 0 amide bonds. The molecule has 1 aliphatic heterocycles. The molecule has 0 fully saturated rings. The monoisotopic (exact) mass is 484 g/mol. The van der Waals surface area contributed by atoms with Gasteiger partial charge >= 0.3 is 0 Å². The zero-order valence-electron chi connectivity index (χ0n) is 17.0. The molecule has 4 nitrogen and oxygen atoms in total. The van der Waals surface area contributed by atoms with Crippen molar-refractivity contribution >= 4 is 73.0 Å². The first-order valence-corrected chi connectivity index (χ1v) is 12.5. The van der Waals surface area contributed by atoms with Crippen LogP contribution >= 0.6 is 46.0 Å². The van der Waals surface area contributed by atoms with Crippen LogP contribution in [0, 0.1) is 0 Å². The number of hydrogen-bond acceptors (Lipinski definition) is 5. The number of nitrogens with zero attached hydrogens (tertiary/aromatic N) is 3. The Kier molecular flexibility index (Phi) is 5.30. The van der Waals surface area contributed by atoms with Gasteiger partial charge in [-0.1, -0.05) is 52.9 Å². The summed E-state index contributed by atoms with van der Waals surface area (Å²) in [4.78, 5) is 16.6. The van der Waals surface area contributed by atoms with Crippen molar-refractivity contribution < 1.29 is 4.57 Å². The SMILES string of the molecule is C=CCn1c(=O)/c(=C2/Sc3ccc(Cl)cc3N2C)s/c1=C/c1sc2ccccc2[n+]1C. The second kappa shape index (κ2) is 7.98. The Morgan fingerprint density at radius 2 is 2.00 bits per heavy atom. The lowest BCUT2D eigenvalue weighted by molar-refractivity contribution is -0.642. The molecule has 0 N–H and O–H groups in total. The zero-order valence-corrected chi connectivity index (χ0v) is 20.2. The maximum Gasteiger partial charge on any atom is 0.272 e. The molecule has 31 heavy (non-hydrogen) atoms. The Hall–Kier alpha value is -2.32. The van der Waals surface area contributed by atoms with Crippen molar-refractivity contribution in [2.75, 3.05) is 11.9 Å². The maximum atomic E-state index is 13.4. The van der Waals surface area contributed by atoms with Gasteiger partial charge in [-0.25, -0.2) is 0 Å². The summed E-state index contributed by atoms with van der Waals surface area (Å²) in [6.45, 7) is 4.32. The number of fused-ring (bicyclic) bond motifs is 2. The standard InChI is InChI=1S/C23H19ClN3OS3/c1-4-11-27-20(13-19-25(2)15-7-5-6-8-17(15)29-19)31-21(22(27)28)23-26(3)16-12-14(24)9-10-18(16)30-23/h4-10,12-13H,1,11H2,2-3H3/q+1/b23-21-. The van der Waals surface area contributed by atoms with Crippen molar-refractivity contribution in [3.05, 3.63) is 84.7 Å². The predicted molar refractivity (Wildman–Crippen MR) is 134 cm³/mol. The van der Waals surface area contributed by atoms with E-state index >= 15 is 0 Å². The van der Waals surface area contributed by atoms with Crippen LogP contribution in [0.2, 0.25) is 5.02 Å². The Labute approximate surface area is 196 Å². The Bertz CT molecular complexity index is 1530. The average molecular weight is 485 g/mol. The molecule has 0 saturated heterocycles. The number of aromatic nitrogens is 2. The summed E-state index contributed by atoms with van der Waals surface area (Å²) >= 11 is 11.1. The number of aryl methyl sites for hydroxylation is 1. The van der Waals surface area contributed by atoms with Crippen LogP contribution in [0.15, 0.2) is 64.8 Å². The fraction of sp³-hybridized carbons (Fsp3) is 0.130. The van der Waals surface area contributed by atoms with Crippen LogP contribution in [-0.4, -0.2) is 11.6 Å². The molecule has 2 aromatic heterocycles. The summed E-state index contributed by atoms with van der Waals surface area (Å²) in [5, 5.41) is 2.72. The number of halogens is 1. The van der Waals surface area contributed by atoms with Crippen molar-refractivity contribution in [3.8, 4) is 0 Å². The van der Waals surface area contributed by atoms with Gasteiger partial charge < -0.3 is 4.90 Å². The van der Waals surface area contributed by atoms with E-state index in [0.717, 1.165) is 29.8 Å². The van der Waals surface area contributed by atoms with E-state index in [1.807, 2.05) is 37.4 Å². The largest absolute Gasteiger partial charge is 0.337 e. The maximum absolute atomic E-state index is 13.4. The Morgan fingerprint density at radius 1 is 1.19 bits per heavy atom. The molecule has 2 aromatic carbocycles. The number of benzene rings is 2. The van der Waals surface area contributed by atoms with Crippen molar-refractivity contribution in [2.45, 2.75) is 11.4 Å². The molecule has 0 atom stereocenters. The highest BCUT2D eigenvalue weighted by Gasteiger charge is 2.25. The van der Waals surface area contributed by atoms with Crippen molar-refractivity contribution in [1.29, 1.82) is 0 Å². The number of hydrogen-bond donors (Lipinski definition) is 0. The van der Waals surface area contributed by atoms with Gasteiger partial charge in [0, 0.05) is 29.6 Å². The Balaban J connectivity index is 1.74. The molecular weight excluding hydrogens is 466 g/mol. The molecule has 0 saturated carbocycles. The van der Waals surface area contributed by atoms with E-state index in [0.29, 0.717) is 11.6 Å². The van der Waals surface area contributed by atoms with E-state index in [1.54, 1.807) is 33.7 Å². The number of thiazole rings is 2. The van der Waals surface area contributed by atoms with Gasteiger partial charge in [-0.2, -0.15) is 4.57 Å². The van der Waals surface area contributed by atoms with E-state index in [-0.39, 0.29) is 5.56 Å². The van der Waals surface area contributed by atoms with Gasteiger partial charge in [-0.05, 0) is 24.3 Å². The van der Waals surface area contributed by atoms with Crippen molar-refractivity contribution in [1.82, 2.24) is 4.57 Å². The van der Waals surface area contributed by atoms with Crippen LogP contribution in [0.25, 0.3) is 21.3 Å². The third-order valence-corrected chi connectivity index (χ3v) is 9.12. The topological polar surface area (TPSA) is 29.1 Å². The molecule has 0 spiro atoms. The fourth-order valence-corrected chi connectivity index (χ4v) is 7.35. The van der Waals surface area contributed by atoms with E-state index in [2.05, 4.69) is 41.3 Å². The van der Waals surface area contributed by atoms with Gasteiger partial charge in [-0.3, -0.25) is 9.36 Å². The minimum Gasteiger partial charge on any atom is -0.337 e. The van der Waals surface area contributed by atoms with Gasteiger partial charge in [-0.15, -0.1) is 17.9 Å². The van der Waals surface area contributed by atoms with E-state index < -0.39 is 0 Å². The average Bonchev–Trinajstić information content (AvgIpc) is 3.36. The van der Waals surface area contributed by atoms with E-state index in [4.69, 9.17) is 11.6 Å². The molecule has 156 valence electrons. The van der Waals surface area contributed by atoms with Gasteiger partial charge in [0.2, 0.25) is 5.52 Å². The minimum absolute atomic E-state index is 0.00756. The first-order chi connectivity index (χ1) is 15.0. The second-order valence-electron chi connectivity index (χ2n) is 7.16. The van der Waals surface area contributed by atoms with Crippen molar-refractivity contribution in [3.63, 3.8) is 0 Å². The first kappa shape index (κ1) is 20.6. The molecule has 0 unspecified atom stereocenters. The number of thioether (sulfide) groups is 1. The fourth-order valence-electron chi connectivity index (χ4n) is 3.64. The van der Waals surface area contributed by atoms with Crippen LogP contribution in [-0.2, 0) is 13.6 Å². The molecule has 4 aromatic rings. The van der Waals surface area contributed by atoms with Crippen molar-refractivity contribution in [2.24, 2.45) is 7.05 Å². The van der Waals surface area contributed by atoms with Crippen LogP contribution < -0.4 is 24.2 Å². The third-order valence-electron chi connectivity index (χ3n) is 5.23. The highest BCUT2D eigenvalue weighted by atomic mass is 35.5. The number of anilines is 1. The predicted octanol–water partition coefficient (Wildman–Crippen LogP) is 3.93. The molecule has 3 heterocycles. The minimum atomic E-state index is 0.00756. The summed E-state index contributed by atoms with van der Waals surface area (Å²) in [7, 11) is 4.04. The quantitative estimate of drug-likeness (QED) is 0.326. The summed E-state index contributed by atoms with van der Waals surface area (Å²) in [6, 6.07) is 14.2. The molecular formula is C23H19ClN3OS3+. The molecule has 5 rings (SSSR count). The van der Waals surface area contributed by atoms with E-state index in [9.17, 15) is 4.79 Å². The zero-order chi connectivity index (χ0) is 21.7. The van der Waals surface area contributed by atoms with Gasteiger partial charge in [0.1, 0.15) is 26.0 Å². The van der Waals surface area contributed by atoms with Crippen LogP contribution in [0.5, 0.6) is 0 Å². The first-order valence-electron chi connectivity index (χ1n) is 9.63. The lowest BCUT2D eigenvalue weighted by Gasteiger charge is -2.12. The van der Waals surface area contributed by atoms with Gasteiger partial charge in [0.25, 0.3) is 10.6 Å². The number of para-hydroxylation sites is 1. The number of rotatable bonds is 3. The van der Waals surface area contributed by atoms with Gasteiger partial charge in [0.05, 0.1) is 11.8 Å². The van der Waals surface area contributed by atoms with Crippen LogP contribution in [0.4, 0.5) is 5.69 Å². The Morgan fingerprint density at radius 3 is 2.77 bits per heavy atom. The van der Waals surface area contributed by atoms with E-state index in [1.165, 1.54) is 21.6 Å². The summed E-state index contributed by atoms with van der Waals surface area (Å²) in [5.74, 6) is 0. The summed E-state index contributed by atoms with van der Waals surface area (Å²) in [6.07, 6.45) is 3.87. The lowest BCUT2D eigenvalue weighted by atomic mass is 10.3. The summed E-state index contributed by atoms with van der Waals surface area (Å²) in [5.41, 5.74) is 2.21. The smallest absolute Gasteiger partial charge is 0.272 e. The number of allylic oxidation sites excluding steroid dienone is 1. The second-order valence-corrected chi connectivity index (χ2v) is 10.7. The normalized spacial score (nSPS) is 15.7.